The molecule has 20 unspecified atom stereocenters. The fourth-order valence-corrected chi connectivity index (χ4v) is 24.8. The highest BCUT2D eigenvalue weighted by atomic mass is 16.7. The van der Waals surface area contributed by atoms with Crippen LogP contribution in [0.5, 0.6) is 0 Å². The lowest BCUT2D eigenvalue weighted by Gasteiger charge is -2.39. The third kappa shape index (κ3) is 59.2. The van der Waals surface area contributed by atoms with Crippen LogP contribution in [-0.2, 0) is 66.7 Å². The smallest absolute Gasteiger partial charge is 0.311 e. The summed E-state index contributed by atoms with van der Waals surface area (Å²) in [6.07, 6.45) is 36.2. The Morgan fingerprint density at radius 3 is 0.912 bits per heavy atom. The van der Waals surface area contributed by atoms with Crippen molar-refractivity contribution in [2.75, 3.05) is 46.2 Å². The number of aliphatic hydroxyl groups is 3. The SMILES string of the molecule is C.C.C.C.C.C.C.C.C.C.C.C.C.C.C.C.C.C.CC(C)C1CC(C)C(C(=O)O)C(C)C1.CC(C)C1CC(C)C(C(=O)OC2CCCO2)C(C)C1.CC(C)C1CC2C3CCC(C3)C2C1.CC(C)C1CCC(C(=O)O)C1.CC(C)C1CCC(CO)(CO)CC1.CC(C)CCCO.CC(OCC1CCC(COC(C)OC(=O)C2CCC(C(C)C)C2)CC1)OC(=O)C1CCC(C(C)C)C1.CCOC(CC)OC(=O)C1CCC(C(C)C)C1. The molecule has 19 nitrogen and oxygen atoms in total. The first-order valence-corrected chi connectivity index (χ1v) is 53.9. The Balaban J connectivity index is -0.000000118. The van der Waals surface area contributed by atoms with Crippen LogP contribution in [0.2, 0.25) is 0 Å². The third-order valence-electron chi connectivity index (χ3n) is 34.4. The molecule has 11 aliphatic carbocycles. The standard InChI is InChI=1S/C30H52O6.C16H28O3.C14H26O3.C13H22.C12H22O2.C11H22O2.C9H16O2.C6H14O.18CH4/c1-19(2)25-11-13-27(15-25)29(31)35-21(5)33-17-23-7-9-24(10-8-23)18-34-22(6)36-30(32)28-14-12-26(16-28)20(3)4;1-10(2)13-8-11(3)15(12(4)9-13)16(17)19-14-6-5-7-18-14;1-5-13(16-6-2)17-14(15)12-8-7-11(9-12)10(3)4;1-8(2)11-6-12-9-3-4-10(5-9)13(12)7-11;1-7(2)10-5-8(3)11(12(13)14)9(4)6-10;1-9(2)10-3-5-11(7-12,8-13)6-4-10;1-6(2)7-3-4-8(5-7)9(10)11;1-6(2)4-3-5-7;;;;;;;;;;;;;;;;;;/h19-28H,7-18H2,1-6H3;10-15H,5-9H2,1-4H3;10-13H,5-9H2,1-4H3;8-13H,3-7H2,1-2H3;7-11H,5-6H2,1-4H3,(H,13,14);9-10,12-13H,3-8H2,1-2H3;6-8H,3-5H2,1-2H3,(H,10,11);6-7H,3-5H2,1-2H3;18*1H4. The maximum Gasteiger partial charge on any atom is 0.311 e. The number of hydrogen-bond donors (Lipinski definition) is 5. The van der Waals surface area contributed by atoms with Crippen molar-refractivity contribution in [3.63, 3.8) is 0 Å². The van der Waals surface area contributed by atoms with Crippen molar-refractivity contribution in [2.45, 2.75) is 557 Å². The van der Waals surface area contributed by atoms with Gasteiger partial charge in [0, 0.05) is 31.5 Å². The quantitative estimate of drug-likeness (QED) is 0.0238. The van der Waals surface area contributed by atoms with Gasteiger partial charge in [-0.05, 0) is 386 Å². The predicted octanol–water partition coefficient (Wildman–Crippen LogP) is 37.3. The van der Waals surface area contributed by atoms with Crippen molar-refractivity contribution < 1.29 is 92.2 Å². The highest BCUT2D eigenvalue weighted by Gasteiger charge is 2.52. The highest BCUT2D eigenvalue weighted by molar-refractivity contribution is 5.75. The molecule has 12 rings (SSSR count). The lowest BCUT2D eigenvalue weighted by molar-refractivity contribution is -0.185. The van der Waals surface area contributed by atoms with Gasteiger partial charge in [0.15, 0.2) is 12.6 Å². The van der Waals surface area contributed by atoms with Crippen LogP contribution in [0.15, 0.2) is 0 Å². The number of fused-ring (bicyclic) bond motifs is 5. The summed E-state index contributed by atoms with van der Waals surface area (Å²) in [5, 5.41) is 44.5. The molecule has 148 heavy (non-hydrogen) atoms. The van der Waals surface area contributed by atoms with Crippen LogP contribution in [0.4, 0.5) is 0 Å². The molecule has 20 atom stereocenters. The van der Waals surface area contributed by atoms with Crippen molar-refractivity contribution in [1.29, 1.82) is 0 Å². The Labute approximate surface area is 926 Å². The number of rotatable bonds is 32. The van der Waals surface area contributed by atoms with Crippen LogP contribution < -0.4 is 0 Å². The molecule has 2 bridgehead atoms. The van der Waals surface area contributed by atoms with Crippen LogP contribution in [0.25, 0.3) is 0 Å². The Morgan fingerprint density at radius 2 is 0.649 bits per heavy atom. The lowest BCUT2D eigenvalue weighted by atomic mass is 9.66. The molecule has 1 saturated heterocycles. The Bertz CT molecular complexity index is 3000. The summed E-state index contributed by atoms with van der Waals surface area (Å²) < 4.78 is 44.7. The summed E-state index contributed by atoms with van der Waals surface area (Å²) in [4.78, 5) is 70.9. The van der Waals surface area contributed by atoms with E-state index in [1.54, 1.807) is 32.1 Å². The molecule has 0 aromatic carbocycles. The minimum Gasteiger partial charge on any atom is -0.481 e. The summed E-state index contributed by atoms with van der Waals surface area (Å²) >= 11 is 0. The zero-order valence-electron chi connectivity index (χ0n) is 87.8. The molecule has 19 heteroatoms. The number of ether oxygens (including phenoxy) is 8. The molecule has 0 aromatic rings. The Kier molecular flexibility index (Phi) is 106. The van der Waals surface area contributed by atoms with Crippen LogP contribution in [0.1, 0.15) is 532 Å². The van der Waals surface area contributed by atoms with E-state index in [2.05, 4.69) is 152 Å². The van der Waals surface area contributed by atoms with Gasteiger partial charge in [0.05, 0.1) is 68.5 Å². The fraction of sp³-hybridized carbons (Fsp3) is 0.953. The Hall–Kier alpha value is -3.46. The monoisotopic (exact) mass is 2130 g/mol. The van der Waals surface area contributed by atoms with E-state index in [1.807, 2.05) is 27.7 Å². The fourth-order valence-electron chi connectivity index (χ4n) is 24.8. The van der Waals surface area contributed by atoms with Gasteiger partial charge in [-0.3, -0.25) is 28.8 Å². The molecule has 0 amide bonds. The number of carboxylic acids is 2. The van der Waals surface area contributed by atoms with Gasteiger partial charge in [0.25, 0.3) is 0 Å². The van der Waals surface area contributed by atoms with Gasteiger partial charge >= 0.3 is 35.8 Å². The van der Waals surface area contributed by atoms with E-state index in [0.717, 1.165) is 221 Å². The average molecular weight is 2130 g/mol. The highest BCUT2D eigenvalue weighted by Crippen LogP contribution is 2.61. The molecule has 0 spiro atoms. The molecule has 0 radical (unpaired) electrons. The van der Waals surface area contributed by atoms with E-state index < -0.39 is 24.5 Å². The minimum atomic E-state index is -0.604. The zero-order valence-corrected chi connectivity index (χ0v) is 87.8. The van der Waals surface area contributed by atoms with Crippen molar-refractivity contribution in [1.82, 2.24) is 0 Å². The van der Waals surface area contributed by atoms with Crippen LogP contribution in [-0.4, -0.2) is 133 Å². The summed E-state index contributed by atoms with van der Waals surface area (Å²) in [5.41, 5.74) is -0.161. The lowest BCUT2D eigenvalue weighted by Crippen LogP contribution is -2.39. The maximum atomic E-state index is 12.5. The number of carbonyl (C=O) groups is 6. The van der Waals surface area contributed by atoms with Gasteiger partial charge < -0.3 is 63.4 Å². The summed E-state index contributed by atoms with van der Waals surface area (Å²) in [5.74, 6) is 18.1. The summed E-state index contributed by atoms with van der Waals surface area (Å²) in [6, 6.07) is 0. The van der Waals surface area contributed by atoms with Gasteiger partial charge in [-0.15, -0.1) is 0 Å². The molecular formula is C129H274O19. The third-order valence-corrected chi connectivity index (χ3v) is 34.4. The second-order valence-corrected chi connectivity index (χ2v) is 47.1. The molecule has 1 aliphatic heterocycles. The number of esters is 4. The molecule has 1 heterocycles. The summed E-state index contributed by atoms with van der Waals surface area (Å²) in [7, 11) is 0. The van der Waals surface area contributed by atoms with Gasteiger partial charge in [0.2, 0.25) is 12.6 Å². The molecule has 904 valence electrons. The molecule has 11 saturated carbocycles. The maximum absolute atomic E-state index is 12.5. The van der Waals surface area contributed by atoms with Crippen LogP contribution in [0.3, 0.4) is 0 Å². The number of hydrogen-bond acceptors (Lipinski definition) is 17. The van der Waals surface area contributed by atoms with Crippen molar-refractivity contribution >= 4 is 35.8 Å². The minimum absolute atomic E-state index is 0. The molecule has 5 N–H and O–H groups in total. The van der Waals surface area contributed by atoms with Gasteiger partial charge in [-0.1, -0.05) is 293 Å². The second-order valence-electron chi connectivity index (χ2n) is 47.1. The molecular weight excluding hydrogens is 1850 g/mol. The van der Waals surface area contributed by atoms with Gasteiger partial charge in [-0.25, -0.2) is 0 Å². The van der Waals surface area contributed by atoms with Crippen LogP contribution >= 0.6 is 0 Å². The largest absolute Gasteiger partial charge is 0.481 e. The topological polar surface area (TPSA) is 277 Å². The number of carboxylic acid groups (broad SMARTS) is 2. The van der Waals surface area contributed by atoms with E-state index in [4.69, 9.17) is 53.2 Å². The van der Waals surface area contributed by atoms with Crippen LogP contribution in [0, 0.1) is 201 Å². The molecule has 0 aromatic heterocycles. The van der Waals surface area contributed by atoms with Crippen molar-refractivity contribution in [2.24, 2.45) is 201 Å². The first-order chi connectivity index (χ1) is 61.4. The van der Waals surface area contributed by atoms with E-state index in [9.17, 15) is 39.0 Å². The predicted molar refractivity (Wildman–Crippen MR) is 643 cm³/mol. The van der Waals surface area contributed by atoms with E-state index in [1.165, 1.54) is 36.5 Å². The van der Waals surface area contributed by atoms with E-state index in [-0.39, 0.29) is 224 Å². The average Bonchev–Trinajstić information content (AvgIpc) is 1.60. The normalized spacial score (nSPS) is 29.2. The first kappa shape index (κ1) is 175. The number of aliphatic carboxylic acids is 2. The zero-order chi connectivity index (χ0) is 97.0. The number of aliphatic hydroxyl groups excluding tert-OH is 3. The van der Waals surface area contributed by atoms with E-state index >= 15 is 0 Å². The number of carbonyl (C=O) groups excluding carboxylic acids is 4. The van der Waals surface area contributed by atoms with Crippen molar-refractivity contribution in [3.8, 4) is 0 Å². The second kappa shape index (κ2) is 89.5. The van der Waals surface area contributed by atoms with Crippen molar-refractivity contribution in [3.05, 3.63) is 0 Å². The first-order valence-electron chi connectivity index (χ1n) is 53.9. The van der Waals surface area contributed by atoms with Gasteiger partial charge in [-0.2, -0.15) is 0 Å². The Morgan fingerprint density at radius 1 is 0.331 bits per heavy atom. The van der Waals surface area contributed by atoms with Gasteiger partial charge in [0.1, 0.15) is 0 Å². The molecule has 12 fully saturated rings. The summed E-state index contributed by atoms with van der Waals surface area (Å²) in [6.45, 7) is 59.9. The molecule has 12 aliphatic rings. The van der Waals surface area contributed by atoms with E-state index in [0.29, 0.717) is 121 Å².